The Morgan fingerprint density at radius 3 is 2.39 bits per heavy atom. The van der Waals surface area contributed by atoms with Crippen LogP contribution in [0.2, 0.25) is 5.02 Å². The number of nitrogens with zero attached hydrogens (tertiary/aromatic N) is 1. The zero-order chi connectivity index (χ0) is 29.1. The largest absolute Gasteiger partial charge is 0.435 e. The van der Waals surface area contributed by atoms with Crippen LogP contribution in [0.5, 0.6) is 0 Å². The van der Waals surface area contributed by atoms with Crippen LogP contribution in [-0.4, -0.2) is 4.98 Å². The second kappa shape index (κ2) is 5.82. The molecule has 0 aliphatic carbocycles. The average molecular weight is 392 g/mol. The van der Waals surface area contributed by atoms with Gasteiger partial charge < -0.3 is 4.42 Å². The number of oxazole rings is 1. The van der Waals surface area contributed by atoms with E-state index in [0.29, 0.717) is 0 Å². The SMILES string of the molecule is [2H]c1ccc2c(c([2H])c([2H])c3c([2H])c([2H])c4c([2H])c([2H])c5nc(-c6c([2H])c([2H])c([2H])c([2H])c6[2H])oc5c4c32)c1Cl. The third kappa shape index (κ3) is 2.19. The molecular weight excluding hydrogens is 366 g/mol. The fraction of sp³-hybridized carbons (Fsp3) is 0. The molecule has 0 amide bonds. The van der Waals surface area contributed by atoms with Crippen molar-refractivity contribution >= 4 is 55.0 Å². The Bertz CT molecular complexity index is 2120. The van der Waals surface area contributed by atoms with E-state index in [4.69, 9.17) is 32.5 Å². The maximum atomic E-state index is 8.69. The number of aromatic nitrogens is 1. The van der Waals surface area contributed by atoms with Gasteiger partial charge in [0.1, 0.15) is 5.52 Å². The van der Waals surface area contributed by atoms with E-state index in [1.54, 1.807) is 0 Å². The quantitative estimate of drug-likeness (QED) is 0.269. The summed E-state index contributed by atoms with van der Waals surface area (Å²) in [5, 5.41) is 0.0528. The Morgan fingerprint density at radius 2 is 1.54 bits per heavy atom. The van der Waals surface area contributed by atoms with Crippen LogP contribution < -0.4 is 0 Å². The number of halogens is 1. The topological polar surface area (TPSA) is 26.0 Å². The number of hydrogen-bond donors (Lipinski definition) is 0. The summed E-state index contributed by atoms with van der Waals surface area (Å²) in [5.74, 6) is -0.416. The molecule has 2 nitrogen and oxygen atoms in total. The maximum absolute atomic E-state index is 8.69. The molecule has 0 aliphatic heterocycles. The molecule has 0 aliphatic rings. The smallest absolute Gasteiger partial charge is 0.227 e. The third-order valence-electron chi connectivity index (χ3n) is 4.47. The summed E-state index contributed by atoms with van der Waals surface area (Å²) in [4.78, 5) is 4.25. The number of benzene rings is 5. The van der Waals surface area contributed by atoms with Crippen LogP contribution in [0.3, 0.4) is 0 Å². The Kier molecular flexibility index (Phi) is 1.65. The lowest BCUT2D eigenvalue weighted by molar-refractivity contribution is 0.623. The summed E-state index contributed by atoms with van der Waals surface area (Å²) in [6.45, 7) is 0. The molecule has 0 N–H and O–H groups in total. The molecule has 6 aromatic rings. The Morgan fingerprint density at radius 1 is 0.786 bits per heavy atom. The fourth-order valence-electron chi connectivity index (χ4n) is 3.27. The predicted octanol–water partition coefficient (Wildman–Crippen LogP) is 7.61. The molecule has 0 atom stereocenters. The number of hydrogen-bond acceptors (Lipinski definition) is 2. The van der Waals surface area contributed by atoms with Crippen molar-refractivity contribution in [3.8, 4) is 11.5 Å². The van der Waals surface area contributed by atoms with Crippen LogP contribution in [0.1, 0.15) is 16.4 Å². The Balaban J connectivity index is 1.94. The minimum atomic E-state index is -0.623. The first-order valence-electron chi connectivity index (χ1n) is 14.2. The minimum Gasteiger partial charge on any atom is -0.435 e. The van der Waals surface area contributed by atoms with Crippen LogP contribution >= 0.6 is 11.6 Å². The molecule has 6 rings (SSSR count). The summed E-state index contributed by atoms with van der Waals surface area (Å²) in [6, 6.07) is -2.98. The number of rotatable bonds is 1. The van der Waals surface area contributed by atoms with Gasteiger partial charge in [-0.15, -0.1) is 0 Å². The highest BCUT2D eigenvalue weighted by molar-refractivity contribution is 6.37. The highest BCUT2D eigenvalue weighted by atomic mass is 35.5. The zero-order valence-corrected chi connectivity index (χ0v) is 14.6. The average Bonchev–Trinajstić information content (AvgIpc) is 3.36. The predicted molar refractivity (Wildman–Crippen MR) is 117 cm³/mol. The monoisotopic (exact) mass is 391 g/mol. The molecule has 28 heavy (non-hydrogen) atoms. The maximum Gasteiger partial charge on any atom is 0.227 e. The second-order valence-corrected chi connectivity index (χ2v) is 6.41. The fourth-order valence-corrected chi connectivity index (χ4v) is 3.48. The summed E-state index contributed by atoms with van der Waals surface area (Å²) in [7, 11) is 0. The van der Waals surface area contributed by atoms with E-state index in [1.165, 1.54) is 12.1 Å². The third-order valence-corrected chi connectivity index (χ3v) is 4.77. The van der Waals surface area contributed by atoms with Gasteiger partial charge in [0, 0.05) is 26.7 Å². The molecule has 132 valence electrons. The van der Waals surface area contributed by atoms with Gasteiger partial charge in [-0.25, -0.2) is 4.98 Å². The second-order valence-electron chi connectivity index (χ2n) is 6.03. The molecule has 0 saturated carbocycles. The molecule has 5 aromatic carbocycles. The first-order valence-corrected chi connectivity index (χ1v) is 8.58. The highest BCUT2D eigenvalue weighted by Gasteiger charge is 2.15. The van der Waals surface area contributed by atoms with Gasteiger partial charge in [-0.2, -0.15) is 0 Å². The van der Waals surface area contributed by atoms with E-state index >= 15 is 0 Å². The van der Waals surface area contributed by atoms with Crippen molar-refractivity contribution in [2.45, 2.75) is 0 Å². The van der Waals surface area contributed by atoms with E-state index in [2.05, 4.69) is 4.98 Å². The van der Waals surface area contributed by atoms with Crippen molar-refractivity contribution in [3.05, 3.63) is 89.7 Å². The van der Waals surface area contributed by atoms with Crippen LogP contribution in [0, 0.1) is 0 Å². The van der Waals surface area contributed by atoms with Gasteiger partial charge in [0.05, 0.1) is 16.4 Å². The van der Waals surface area contributed by atoms with E-state index in [9.17, 15) is 0 Å². The molecule has 3 heteroatoms. The van der Waals surface area contributed by atoms with Crippen molar-refractivity contribution in [1.29, 1.82) is 0 Å². The summed E-state index contributed by atoms with van der Waals surface area (Å²) in [6.07, 6.45) is 0. The molecule has 0 fully saturated rings. The lowest BCUT2D eigenvalue weighted by atomic mass is 9.96. The van der Waals surface area contributed by atoms with E-state index < -0.39 is 66.3 Å². The highest BCUT2D eigenvalue weighted by Crippen LogP contribution is 2.39. The first-order chi connectivity index (χ1) is 18.8. The zero-order valence-electron chi connectivity index (χ0n) is 25.9. The summed E-state index contributed by atoms with van der Waals surface area (Å²) >= 11 is 6.39. The van der Waals surface area contributed by atoms with Gasteiger partial charge in [-0.05, 0) is 40.3 Å². The molecule has 0 spiro atoms. The Labute approximate surface area is 182 Å². The van der Waals surface area contributed by atoms with E-state index in [-0.39, 0.29) is 66.1 Å². The Hall–Kier alpha value is -3.36. The molecule has 0 bridgehead atoms. The normalized spacial score (nSPS) is 17.8. The molecule has 0 radical (unpaired) electrons. The van der Waals surface area contributed by atoms with Gasteiger partial charge >= 0.3 is 0 Å². The van der Waals surface area contributed by atoms with Crippen LogP contribution in [0.4, 0.5) is 0 Å². The molecule has 0 saturated heterocycles. The van der Waals surface area contributed by atoms with Crippen molar-refractivity contribution in [3.63, 3.8) is 0 Å². The van der Waals surface area contributed by atoms with Gasteiger partial charge in [0.15, 0.2) is 5.58 Å². The molecule has 0 unspecified atom stereocenters. The minimum absolute atomic E-state index is 0.0189. The van der Waals surface area contributed by atoms with Gasteiger partial charge in [-0.1, -0.05) is 72.1 Å². The van der Waals surface area contributed by atoms with Gasteiger partial charge in [0.2, 0.25) is 5.89 Å². The van der Waals surface area contributed by atoms with Crippen molar-refractivity contribution in [2.75, 3.05) is 0 Å². The van der Waals surface area contributed by atoms with Crippen LogP contribution in [0.25, 0.3) is 54.9 Å². The lowest BCUT2D eigenvalue weighted by Gasteiger charge is -2.09. The molecular formula is C25H14ClNO. The van der Waals surface area contributed by atoms with E-state index in [0.717, 1.165) is 0 Å². The number of fused-ring (bicyclic) bond motifs is 7. The van der Waals surface area contributed by atoms with Crippen molar-refractivity contribution in [1.82, 2.24) is 4.98 Å². The van der Waals surface area contributed by atoms with Crippen LogP contribution in [0.15, 0.2) is 89.1 Å². The van der Waals surface area contributed by atoms with Crippen molar-refractivity contribution in [2.24, 2.45) is 0 Å². The lowest BCUT2D eigenvalue weighted by Crippen LogP contribution is -1.83. The van der Waals surface area contributed by atoms with Gasteiger partial charge in [0.25, 0.3) is 0 Å². The standard InChI is InChI=1S/C25H14ClNO/c26-20-8-4-7-19-18(20)13-11-15-9-10-16-12-14-21-24(23(16)22(15)19)28-25(27-21)17-5-2-1-3-6-17/h1-14H/i1D,2D,3D,5D,6D,8D,9D,10D,11D,12D,13D,14D. The summed E-state index contributed by atoms with van der Waals surface area (Å²) in [5.41, 5.74) is -0.730. The first kappa shape index (κ1) is 7.94. The van der Waals surface area contributed by atoms with Crippen LogP contribution in [-0.2, 0) is 0 Å². The molecule has 1 heterocycles. The summed E-state index contributed by atoms with van der Waals surface area (Å²) < 4.78 is 106. The van der Waals surface area contributed by atoms with Crippen molar-refractivity contribution < 1.29 is 20.9 Å². The molecule has 1 aromatic heterocycles. The van der Waals surface area contributed by atoms with Gasteiger partial charge in [-0.3, -0.25) is 0 Å². The van der Waals surface area contributed by atoms with E-state index in [1.807, 2.05) is 0 Å².